The highest BCUT2D eigenvalue weighted by Gasteiger charge is 2.04. The van der Waals surface area contributed by atoms with Crippen molar-refractivity contribution in [2.45, 2.75) is 13.8 Å². The molecule has 1 amide bonds. The first-order valence-corrected chi connectivity index (χ1v) is 9.73. The zero-order valence-electron chi connectivity index (χ0n) is 17.2. The maximum atomic E-state index is 13.6. The SMILES string of the molecule is Cc1ccc(Nc2cc(C)nc(NCCNC(=O)/C=C/c3cc(F)ccc3F)n2)cc1. The molecule has 1 aromatic heterocycles. The Balaban J connectivity index is 1.49. The van der Waals surface area contributed by atoms with Crippen LogP contribution in [0.15, 0.2) is 54.6 Å². The second-order valence-electron chi connectivity index (χ2n) is 6.93. The smallest absolute Gasteiger partial charge is 0.244 e. The Kier molecular flexibility index (Phi) is 7.26. The van der Waals surface area contributed by atoms with E-state index in [1.54, 1.807) is 0 Å². The molecule has 0 radical (unpaired) electrons. The van der Waals surface area contributed by atoms with Crippen molar-refractivity contribution in [3.63, 3.8) is 0 Å². The summed E-state index contributed by atoms with van der Waals surface area (Å²) in [7, 11) is 0. The third-order valence-corrected chi connectivity index (χ3v) is 4.26. The average Bonchev–Trinajstić information content (AvgIpc) is 2.73. The number of carbonyl (C=O) groups is 1. The average molecular weight is 423 g/mol. The fourth-order valence-corrected chi connectivity index (χ4v) is 2.72. The maximum absolute atomic E-state index is 13.6. The fourth-order valence-electron chi connectivity index (χ4n) is 2.72. The Morgan fingerprint density at radius 2 is 1.77 bits per heavy atom. The molecule has 2 aromatic carbocycles. The van der Waals surface area contributed by atoms with Gasteiger partial charge in [-0.2, -0.15) is 4.98 Å². The Morgan fingerprint density at radius 1 is 1.00 bits per heavy atom. The molecule has 0 aliphatic heterocycles. The van der Waals surface area contributed by atoms with E-state index in [9.17, 15) is 13.6 Å². The van der Waals surface area contributed by atoms with Crippen LogP contribution in [0.25, 0.3) is 6.08 Å². The lowest BCUT2D eigenvalue weighted by molar-refractivity contribution is -0.116. The summed E-state index contributed by atoms with van der Waals surface area (Å²) < 4.78 is 26.7. The number of aromatic nitrogens is 2. The molecule has 8 heteroatoms. The van der Waals surface area contributed by atoms with Crippen LogP contribution in [-0.2, 0) is 4.79 Å². The van der Waals surface area contributed by atoms with Gasteiger partial charge < -0.3 is 16.0 Å². The summed E-state index contributed by atoms with van der Waals surface area (Å²) in [5.41, 5.74) is 2.89. The van der Waals surface area contributed by atoms with Gasteiger partial charge in [-0.05, 0) is 50.3 Å². The molecule has 0 saturated carbocycles. The van der Waals surface area contributed by atoms with Crippen molar-refractivity contribution in [2.75, 3.05) is 23.7 Å². The van der Waals surface area contributed by atoms with Gasteiger partial charge in [-0.3, -0.25) is 4.79 Å². The molecule has 0 aliphatic rings. The van der Waals surface area contributed by atoms with Crippen LogP contribution in [0.4, 0.5) is 26.2 Å². The summed E-state index contributed by atoms with van der Waals surface area (Å²) in [6, 6.07) is 12.9. The number of nitrogens with one attached hydrogen (secondary N) is 3. The molecule has 3 N–H and O–H groups in total. The topological polar surface area (TPSA) is 78.9 Å². The van der Waals surface area contributed by atoms with Gasteiger partial charge in [0.15, 0.2) is 0 Å². The molecule has 3 aromatic rings. The van der Waals surface area contributed by atoms with Gasteiger partial charge in [0.1, 0.15) is 17.5 Å². The Labute approximate surface area is 179 Å². The highest BCUT2D eigenvalue weighted by Crippen LogP contribution is 2.17. The molecule has 0 atom stereocenters. The lowest BCUT2D eigenvalue weighted by Crippen LogP contribution is -2.27. The van der Waals surface area contributed by atoms with Gasteiger partial charge in [-0.15, -0.1) is 0 Å². The maximum Gasteiger partial charge on any atom is 0.244 e. The van der Waals surface area contributed by atoms with Crippen molar-refractivity contribution < 1.29 is 13.6 Å². The molecule has 0 aliphatic carbocycles. The number of aryl methyl sites for hydroxylation is 2. The molecule has 31 heavy (non-hydrogen) atoms. The Hall–Kier alpha value is -3.81. The van der Waals surface area contributed by atoms with Crippen LogP contribution in [0.1, 0.15) is 16.8 Å². The Morgan fingerprint density at radius 3 is 2.55 bits per heavy atom. The van der Waals surface area contributed by atoms with Crippen LogP contribution in [0, 0.1) is 25.5 Å². The number of halogens is 2. The van der Waals surface area contributed by atoms with E-state index in [1.807, 2.05) is 44.2 Å². The molecule has 0 saturated heterocycles. The number of benzene rings is 2. The Bertz CT molecular complexity index is 1080. The van der Waals surface area contributed by atoms with Crippen molar-refractivity contribution in [3.05, 3.63) is 83.1 Å². The minimum atomic E-state index is -0.598. The van der Waals surface area contributed by atoms with Crippen molar-refractivity contribution in [1.82, 2.24) is 15.3 Å². The molecule has 6 nitrogen and oxygen atoms in total. The first-order valence-electron chi connectivity index (χ1n) is 9.73. The van der Waals surface area contributed by atoms with E-state index in [0.717, 1.165) is 35.7 Å². The minimum Gasteiger partial charge on any atom is -0.352 e. The molecule has 1 heterocycles. The zero-order chi connectivity index (χ0) is 22.2. The van der Waals surface area contributed by atoms with E-state index < -0.39 is 17.5 Å². The van der Waals surface area contributed by atoms with Crippen molar-refractivity contribution >= 4 is 29.4 Å². The van der Waals surface area contributed by atoms with Crippen molar-refractivity contribution in [1.29, 1.82) is 0 Å². The molecule has 0 bridgehead atoms. The van der Waals surface area contributed by atoms with Gasteiger partial charge in [0, 0.05) is 42.2 Å². The van der Waals surface area contributed by atoms with Gasteiger partial charge >= 0.3 is 0 Å². The quantitative estimate of drug-likeness (QED) is 0.371. The van der Waals surface area contributed by atoms with Gasteiger partial charge in [-0.25, -0.2) is 13.8 Å². The number of hydrogen-bond donors (Lipinski definition) is 3. The number of amides is 1. The first kappa shape index (κ1) is 21.9. The third-order valence-electron chi connectivity index (χ3n) is 4.26. The van der Waals surface area contributed by atoms with Crippen molar-refractivity contribution in [3.8, 4) is 0 Å². The number of rotatable bonds is 8. The van der Waals surface area contributed by atoms with Crippen LogP contribution in [0.5, 0.6) is 0 Å². The summed E-state index contributed by atoms with van der Waals surface area (Å²) >= 11 is 0. The molecule has 0 unspecified atom stereocenters. The number of nitrogens with zero attached hydrogens (tertiary/aromatic N) is 2. The lowest BCUT2D eigenvalue weighted by Gasteiger charge is -2.10. The predicted octanol–water partition coefficient (Wildman–Crippen LogP) is 4.36. The van der Waals surface area contributed by atoms with Gasteiger partial charge in [-0.1, -0.05) is 17.7 Å². The summed E-state index contributed by atoms with van der Waals surface area (Å²) in [5, 5.41) is 8.95. The van der Waals surface area contributed by atoms with Gasteiger partial charge in [0.2, 0.25) is 11.9 Å². The standard InChI is InChI=1S/C23H23F2N5O/c1-15-3-7-19(8-4-15)29-21-13-16(2)28-23(30-21)27-12-11-26-22(31)10-5-17-14-18(24)6-9-20(17)25/h3-10,13-14H,11-12H2,1-2H3,(H,26,31)(H2,27,28,29,30)/b10-5+. The third kappa shape index (κ3) is 6.88. The zero-order valence-corrected chi connectivity index (χ0v) is 17.2. The molecular formula is C23H23F2N5O. The predicted molar refractivity (Wildman–Crippen MR) is 118 cm³/mol. The van der Waals surface area contributed by atoms with E-state index in [4.69, 9.17) is 0 Å². The van der Waals surface area contributed by atoms with E-state index in [1.165, 1.54) is 11.6 Å². The number of anilines is 3. The van der Waals surface area contributed by atoms with E-state index in [2.05, 4.69) is 25.9 Å². The van der Waals surface area contributed by atoms with Crippen LogP contribution >= 0.6 is 0 Å². The molecule has 0 spiro atoms. The second-order valence-corrected chi connectivity index (χ2v) is 6.93. The molecular weight excluding hydrogens is 400 g/mol. The number of carbonyl (C=O) groups excluding carboxylic acids is 1. The number of hydrogen-bond acceptors (Lipinski definition) is 5. The highest BCUT2D eigenvalue weighted by molar-refractivity contribution is 5.91. The second kappa shape index (κ2) is 10.3. The van der Waals surface area contributed by atoms with Crippen molar-refractivity contribution in [2.24, 2.45) is 0 Å². The lowest BCUT2D eigenvalue weighted by atomic mass is 10.2. The normalized spacial score (nSPS) is 10.8. The summed E-state index contributed by atoms with van der Waals surface area (Å²) in [4.78, 5) is 20.6. The summed E-state index contributed by atoms with van der Waals surface area (Å²) in [6.45, 7) is 4.58. The van der Waals surface area contributed by atoms with Gasteiger partial charge in [0.05, 0.1) is 0 Å². The van der Waals surface area contributed by atoms with E-state index in [-0.39, 0.29) is 5.56 Å². The highest BCUT2D eigenvalue weighted by atomic mass is 19.1. The van der Waals surface area contributed by atoms with Crippen LogP contribution < -0.4 is 16.0 Å². The summed E-state index contributed by atoms with van der Waals surface area (Å²) in [5.74, 6) is -0.500. The molecule has 160 valence electrons. The molecule has 3 rings (SSSR count). The molecule has 0 fully saturated rings. The van der Waals surface area contributed by atoms with E-state index >= 15 is 0 Å². The van der Waals surface area contributed by atoms with E-state index in [0.29, 0.717) is 24.9 Å². The van der Waals surface area contributed by atoms with Gasteiger partial charge in [0.25, 0.3) is 0 Å². The largest absolute Gasteiger partial charge is 0.352 e. The minimum absolute atomic E-state index is 0.00930. The van der Waals surface area contributed by atoms with Crippen LogP contribution in [0.3, 0.4) is 0 Å². The van der Waals surface area contributed by atoms with Crippen LogP contribution in [0.2, 0.25) is 0 Å². The fraction of sp³-hybridized carbons (Fsp3) is 0.174. The van der Waals surface area contributed by atoms with Crippen LogP contribution in [-0.4, -0.2) is 29.0 Å². The summed E-state index contributed by atoms with van der Waals surface area (Å²) in [6.07, 6.45) is 2.39. The first-order chi connectivity index (χ1) is 14.9. The monoisotopic (exact) mass is 423 g/mol.